The third kappa shape index (κ3) is 3.75. The first-order valence-corrected chi connectivity index (χ1v) is 8.93. The number of aromatic nitrogens is 1. The average molecular weight is 372 g/mol. The van der Waals surface area contributed by atoms with Crippen LogP contribution in [0.3, 0.4) is 0 Å². The maximum absolute atomic E-state index is 12.8. The van der Waals surface area contributed by atoms with E-state index in [1.54, 1.807) is 0 Å². The molecule has 1 atom stereocenters. The van der Waals surface area contributed by atoms with Crippen LogP contribution in [0.15, 0.2) is 54.6 Å². The van der Waals surface area contributed by atoms with Crippen LogP contribution in [0, 0.1) is 0 Å². The van der Waals surface area contributed by atoms with Crippen molar-refractivity contribution in [3.05, 3.63) is 65.3 Å². The second-order valence-electron chi connectivity index (χ2n) is 6.41. The van der Waals surface area contributed by atoms with Gasteiger partial charge in [0.05, 0.1) is 11.1 Å². The van der Waals surface area contributed by atoms with E-state index in [1.165, 1.54) is 0 Å². The number of nitrogens with one attached hydrogen (secondary N) is 2. The lowest BCUT2D eigenvalue weighted by Crippen LogP contribution is -2.43. The van der Waals surface area contributed by atoms with Gasteiger partial charge in [-0.25, -0.2) is 0 Å². The van der Waals surface area contributed by atoms with Gasteiger partial charge in [-0.2, -0.15) is 0 Å². The van der Waals surface area contributed by atoms with Crippen LogP contribution in [-0.4, -0.2) is 34.4 Å². The van der Waals surface area contributed by atoms with Gasteiger partial charge in [-0.1, -0.05) is 61.8 Å². The molecular weight excluding hydrogens is 350 g/mol. The number of amides is 1. The molecule has 0 aliphatic heterocycles. The molecule has 6 heteroatoms. The van der Waals surface area contributed by atoms with Gasteiger partial charge in [0.2, 0.25) is 0 Å². The van der Waals surface area contributed by atoms with Crippen molar-refractivity contribution in [2.45, 2.75) is 26.1 Å². The van der Waals surface area contributed by atoms with Gasteiger partial charge in [-0.15, -0.1) is 0 Å². The van der Waals surface area contributed by atoms with E-state index in [9.17, 15) is 9.90 Å². The van der Waals surface area contributed by atoms with Gasteiger partial charge in [-0.05, 0) is 18.2 Å². The van der Waals surface area contributed by atoms with E-state index in [0.717, 1.165) is 16.6 Å². The maximum Gasteiger partial charge on any atom is 0.257 e. The van der Waals surface area contributed by atoms with Gasteiger partial charge in [0, 0.05) is 23.7 Å². The SMILES string of the molecule is CC(C)NC[C@@H](O)NC(=O)c1c(Cl)n(-c2ccccc2)c2ccccc12. The van der Waals surface area contributed by atoms with Crippen molar-refractivity contribution in [2.24, 2.45) is 0 Å². The highest BCUT2D eigenvalue weighted by Crippen LogP contribution is 2.33. The van der Waals surface area contributed by atoms with Gasteiger partial charge >= 0.3 is 0 Å². The molecule has 2 aromatic carbocycles. The van der Waals surface area contributed by atoms with Gasteiger partial charge in [0.25, 0.3) is 5.91 Å². The van der Waals surface area contributed by atoms with Gasteiger partial charge in [0.15, 0.2) is 0 Å². The van der Waals surface area contributed by atoms with Crippen molar-refractivity contribution in [1.29, 1.82) is 0 Å². The summed E-state index contributed by atoms with van der Waals surface area (Å²) >= 11 is 6.60. The van der Waals surface area contributed by atoms with E-state index in [2.05, 4.69) is 10.6 Å². The summed E-state index contributed by atoms with van der Waals surface area (Å²) in [5.74, 6) is -0.404. The topological polar surface area (TPSA) is 66.3 Å². The summed E-state index contributed by atoms with van der Waals surface area (Å²) < 4.78 is 1.84. The second kappa shape index (κ2) is 7.91. The van der Waals surface area contributed by atoms with Crippen LogP contribution < -0.4 is 10.6 Å². The Bertz CT molecular complexity index is 906. The molecule has 3 rings (SSSR count). The molecule has 1 amide bonds. The number of halogens is 1. The fourth-order valence-electron chi connectivity index (χ4n) is 2.88. The molecule has 136 valence electrons. The first-order chi connectivity index (χ1) is 12.5. The van der Waals surface area contributed by atoms with Crippen molar-refractivity contribution in [3.63, 3.8) is 0 Å². The predicted octanol–water partition coefficient (Wildman–Crippen LogP) is 3.33. The molecule has 0 bridgehead atoms. The molecule has 1 aromatic heterocycles. The minimum absolute atomic E-state index is 0.213. The Morgan fingerprint density at radius 3 is 2.46 bits per heavy atom. The number of aliphatic hydroxyl groups is 1. The number of aliphatic hydroxyl groups excluding tert-OH is 1. The molecule has 0 spiro atoms. The van der Waals surface area contributed by atoms with Crippen LogP contribution in [0.25, 0.3) is 16.6 Å². The second-order valence-corrected chi connectivity index (χ2v) is 6.76. The summed E-state index contributed by atoms with van der Waals surface area (Å²) in [6, 6.07) is 17.4. The Hall–Kier alpha value is -2.34. The minimum atomic E-state index is -1.00. The third-order valence-electron chi connectivity index (χ3n) is 4.08. The van der Waals surface area contributed by atoms with E-state index >= 15 is 0 Å². The zero-order valence-corrected chi connectivity index (χ0v) is 15.5. The van der Waals surface area contributed by atoms with Crippen molar-refractivity contribution >= 4 is 28.4 Å². The molecule has 0 aliphatic carbocycles. The average Bonchev–Trinajstić information content (AvgIpc) is 2.92. The highest BCUT2D eigenvalue weighted by molar-refractivity contribution is 6.36. The Labute approximate surface area is 157 Å². The van der Waals surface area contributed by atoms with E-state index in [-0.39, 0.29) is 12.6 Å². The van der Waals surface area contributed by atoms with Crippen molar-refractivity contribution in [3.8, 4) is 5.69 Å². The zero-order chi connectivity index (χ0) is 18.7. The first kappa shape index (κ1) is 18.5. The number of carbonyl (C=O) groups excluding carboxylic acids is 1. The molecule has 3 aromatic rings. The van der Waals surface area contributed by atoms with Gasteiger partial charge in [-0.3, -0.25) is 9.36 Å². The fourth-order valence-corrected chi connectivity index (χ4v) is 3.25. The normalized spacial score (nSPS) is 12.5. The lowest BCUT2D eigenvalue weighted by Gasteiger charge is -2.15. The number of rotatable bonds is 6. The number of hydrogen-bond donors (Lipinski definition) is 3. The number of nitrogens with zero attached hydrogens (tertiary/aromatic N) is 1. The van der Waals surface area contributed by atoms with Crippen molar-refractivity contribution < 1.29 is 9.90 Å². The lowest BCUT2D eigenvalue weighted by atomic mass is 10.1. The predicted molar refractivity (Wildman–Crippen MR) is 105 cm³/mol. The summed E-state index contributed by atoms with van der Waals surface area (Å²) in [4.78, 5) is 12.8. The molecule has 0 unspecified atom stereocenters. The quantitative estimate of drug-likeness (QED) is 0.582. The summed E-state index contributed by atoms with van der Waals surface area (Å²) in [5, 5.41) is 16.8. The summed E-state index contributed by atoms with van der Waals surface area (Å²) in [6.45, 7) is 4.20. The van der Waals surface area contributed by atoms with E-state index in [4.69, 9.17) is 11.6 Å². The Morgan fingerprint density at radius 1 is 1.12 bits per heavy atom. The van der Waals surface area contributed by atoms with Crippen LogP contribution >= 0.6 is 11.6 Å². The first-order valence-electron chi connectivity index (χ1n) is 8.55. The molecule has 0 saturated heterocycles. The molecular formula is C20H22ClN3O2. The number of para-hydroxylation sites is 2. The summed E-state index contributed by atoms with van der Waals surface area (Å²) in [5.41, 5.74) is 2.06. The zero-order valence-electron chi connectivity index (χ0n) is 14.7. The molecule has 0 aliphatic rings. The van der Waals surface area contributed by atoms with Crippen LogP contribution in [0.4, 0.5) is 0 Å². The lowest BCUT2D eigenvalue weighted by molar-refractivity contribution is 0.0780. The Morgan fingerprint density at radius 2 is 1.77 bits per heavy atom. The fraction of sp³-hybridized carbons (Fsp3) is 0.250. The molecule has 0 radical (unpaired) electrons. The standard InChI is InChI=1S/C20H22ClN3O2/c1-13(2)22-12-17(25)23-20(26)18-15-10-6-7-11-16(15)24(19(18)21)14-8-4-3-5-9-14/h3-11,13,17,22,25H,12H2,1-2H3,(H,23,26)/t17-/m1/s1. The van der Waals surface area contributed by atoms with E-state index in [1.807, 2.05) is 73.0 Å². The Kier molecular flexibility index (Phi) is 5.61. The summed E-state index contributed by atoms with van der Waals surface area (Å²) in [6.07, 6.45) is -1.00. The minimum Gasteiger partial charge on any atom is -0.372 e. The van der Waals surface area contributed by atoms with E-state index < -0.39 is 12.1 Å². The summed E-state index contributed by atoms with van der Waals surface area (Å²) in [7, 11) is 0. The van der Waals surface area contributed by atoms with Crippen LogP contribution in [0.5, 0.6) is 0 Å². The van der Waals surface area contributed by atoms with Gasteiger partial charge in [0.1, 0.15) is 11.4 Å². The van der Waals surface area contributed by atoms with E-state index in [0.29, 0.717) is 10.7 Å². The van der Waals surface area contributed by atoms with Crippen molar-refractivity contribution in [2.75, 3.05) is 6.54 Å². The molecule has 26 heavy (non-hydrogen) atoms. The maximum atomic E-state index is 12.8. The molecule has 3 N–H and O–H groups in total. The van der Waals surface area contributed by atoms with Crippen LogP contribution in [-0.2, 0) is 0 Å². The smallest absolute Gasteiger partial charge is 0.257 e. The number of fused-ring (bicyclic) bond motifs is 1. The number of hydrogen-bond acceptors (Lipinski definition) is 3. The molecule has 0 saturated carbocycles. The van der Waals surface area contributed by atoms with Crippen molar-refractivity contribution in [1.82, 2.24) is 15.2 Å². The highest BCUT2D eigenvalue weighted by Gasteiger charge is 2.23. The largest absolute Gasteiger partial charge is 0.372 e. The third-order valence-corrected chi connectivity index (χ3v) is 4.43. The van der Waals surface area contributed by atoms with Crippen LogP contribution in [0.1, 0.15) is 24.2 Å². The number of carbonyl (C=O) groups is 1. The van der Waals surface area contributed by atoms with Gasteiger partial charge < -0.3 is 15.7 Å². The molecule has 1 heterocycles. The number of benzene rings is 2. The molecule has 5 nitrogen and oxygen atoms in total. The Balaban J connectivity index is 1.99. The monoisotopic (exact) mass is 371 g/mol. The molecule has 0 fully saturated rings. The van der Waals surface area contributed by atoms with Crippen LogP contribution in [0.2, 0.25) is 5.15 Å². The highest BCUT2D eigenvalue weighted by atomic mass is 35.5.